The van der Waals surface area contributed by atoms with Crippen LogP contribution in [0.3, 0.4) is 0 Å². The number of hydrogen-bond donors (Lipinski definition) is 2. The number of nitriles is 1. The summed E-state index contributed by atoms with van der Waals surface area (Å²) in [5.74, 6) is 0.0581. The lowest BCUT2D eigenvalue weighted by Crippen LogP contribution is -2.48. The van der Waals surface area contributed by atoms with E-state index in [1.807, 2.05) is 31.7 Å². The number of aromatic nitrogens is 1. The first kappa shape index (κ1) is 36.3. The lowest BCUT2D eigenvalue weighted by molar-refractivity contribution is -0.137. The Hall–Kier alpha value is -4.54. The van der Waals surface area contributed by atoms with Gasteiger partial charge in [-0.05, 0) is 76.8 Å². The summed E-state index contributed by atoms with van der Waals surface area (Å²) in [4.78, 5) is 47.6. The maximum atomic E-state index is 13.4. The molecule has 0 aliphatic carbocycles. The van der Waals surface area contributed by atoms with Crippen molar-refractivity contribution in [2.75, 3.05) is 60.9 Å². The number of piperidine rings is 1. The van der Waals surface area contributed by atoms with E-state index in [-0.39, 0.29) is 17.7 Å². The Balaban J connectivity index is 1.15. The van der Waals surface area contributed by atoms with E-state index in [1.54, 1.807) is 23.2 Å². The molecule has 2 aliphatic rings. The predicted octanol–water partition coefficient (Wildman–Crippen LogP) is 5.56. The van der Waals surface area contributed by atoms with Crippen LogP contribution in [0.15, 0.2) is 36.5 Å². The van der Waals surface area contributed by atoms with Crippen molar-refractivity contribution in [2.45, 2.75) is 71.1 Å². The van der Waals surface area contributed by atoms with Gasteiger partial charge in [-0.15, -0.1) is 0 Å². The van der Waals surface area contributed by atoms with Crippen LogP contribution in [0.2, 0.25) is 0 Å². The van der Waals surface area contributed by atoms with E-state index in [0.29, 0.717) is 76.6 Å². The molecule has 2 aliphatic heterocycles. The number of ether oxygens (including phenoxy) is 1. The van der Waals surface area contributed by atoms with Crippen LogP contribution in [0, 0.1) is 17.2 Å². The van der Waals surface area contributed by atoms with Crippen molar-refractivity contribution in [1.82, 2.24) is 15.2 Å². The number of rotatable bonds is 10. The van der Waals surface area contributed by atoms with Gasteiger partial charge in [0, 0.05) is 63.8 Å². The van der Waals surface area contributed by atoms with Crippen LogP contribution in [0.25, 0.3) is 0 Å². The van der Waals surface area contributed by atoms with Gasteiger partial charge in [0.15, 0.2) is 0 Å². The summed E-state index contributed by atoms with van der Waals surface area (Å²) < 4.78 is 45.4. The van der Waals surface area contributed by atoms with Crippen LogP contribution >= 0.6 is 0 Å². The molecule has 1 aromatic carbocycles. The third-order valence-corrected chi connectivity index (χ3v) is 8.39. The fraction of sp³-hybridized carbons (Fsp3) is 0.559. The zero-order valence-electron chi connectivity index (χ0n) is 27.7. The van der Waals surface area contributed by atoms with E-state index in [4.69, 9.17) is 10.00 Å². The van der Waals surface area contributed by atoms with Crippen molar-refractivity contribution < 1.29 is 32.3 Å². The van der Waals surface area contributed by atoms with E-state index in [0.717, 1.165) is 31.0 Å². The number of piperazine rings is 1. The molecule has 3 amide bonds. The number of anilines is 3. The van der Waals surface area contributed by atoms with Gasteiger partial charge in [0.2, 0.25) is 11.8 Å². The highest BCUT2D eigenvalue weighted by Crippen LogP contribution is 2.35. The Morgan fingerprint density at radius 3 is 2.21 bits per heavy atom. The second kappa shape index (κ2) is 16.0. The van der Waals surface area contributed by atoms with Crippen molar-refractivity contribution in [2.24, 2.45) is 5.92 Å². The number of amides is 3. The Bertz CT molecular complexity index is 1460. The predicted molar refractivity (Wildman–Crippen MR) is 175 cm³/mol. The maximum absolute atomic E-state index is 13.4. The van der Waals surface area contributed by atoms with Crippen LogP contribution < -0.4 is 20.4 Å². The van der Waals surface area contributed by atoms with Crippen molar-refractivity contribution in [3.8, 4) is 6.07 Å². The molecule has 2 saturated heterocycles. The summed E-state index contributed by atoms with van der Waals surface area (Å²) in [5, 5.41) is 14.6. The van der Waals surface area contributed by atoms with Crippen molar-refractivity contribution >= 4 is 35.1 Å². The largest absolute Gasteiger partial charge is 0.444 e. The van der Waals surface area contributed by atoms with Gasteiger partial charge in [0.25, 0.3) is 0 Å². The average Bonchev–Trinajstić information content (AvgIpc) is 3.05. The monoisotopic (exact) mass is 671 g/mol. The van der Waals surface area contributed by atoms with Gasteiger partial charge < -0.3 is 30.1 Å². The molecule has 0 atom stereocenters. The first-order valence-corrected chi connectivity index (χ1v) is 16.4. The van der Waals surface area contributed by atoms with Crippen molar-refractivity contribution in [3.05, 3.63) is 47.7 Å². The molecule has 2 N–H and O–H groups in total. The number of carbonyl (C=O) groups is 3. The molecule has 48 heavy (non-hydrogen) atoms. The Labute approximate surface area is 279 Å². The van der Waals surface area contributed by atoms with E-state index in [2.05, 4.69) is 20.5 Å². The molecule has 2 fully saturated rings. The molecule has 3 heterocycles. The maximum Gasteiger partial charge on any atom is 0.417 e. The minimum absolute atomic E-state index is 0.125. The molecule has 0 spiro atoms. The fourth-order valence-electron chi connectivity index (χ4n) is 5.79. The van der Waals surface area contributed by atoms with Crippen LogP contribution in [-0.4, -0.2) is 79.2 Å². The zero-order valence-corrected chi connectivity index (χ0v) is 27.7. The first-order chi connectivity index (χ1) is 22.7. The number of carbonyl (C=O) groups excluding carboxylic acids is 3. The Kier molecular flexibility index (Phi) is 12.1. The summed E-state index contributed by atoms with van der Waals surface area (Å²) in [6, 6.07) is 8.92. The molecule has 0 saturated carbocycles. The van der Waals surface area contributed by atoms with Gasteiger partial charge in [-0.25, -0.2) is 9.78 Å². The van der Waals surface area contributed by atoms with Gasteiger partial charge in [-0.1, -0.05) is 6.42 Å². The number of benzene rings is 1. The summed E-state index contributed by atoms with van der Waals surface area (Å²) in [5.41, 5.74) is -0.628. The lowest BCUT2D eigenvalue weighted by atomic mass is 9.95. The molecule has 0 radical (unpaired) electrons. The first-order valence-electron chi connectivity index (χ1n) is 16.4. The average molecular weight is 672 g/mol. The highest BCUT2D eigenvalue weighted by Gasteiger charge is 2.35. The van der Waals surface area contributed by atoms with E-state index in [1.165, 1.54) is 12.1 Å². The second-order valence-corrected chi connectivity index (χ2v) is 13.1. The van der Waals surface area contributed by atoms with Gasteiger partial charge >= 0.3 is 12.3 Å². The van der Waals surface area contributed by atoms with Crippen LogP contribution in [0.5, 0.6) is 0 Å². The van der Waals surface area contributed by atoms with Crippen LogP contribution in [0.1, 0.15) is 70.4 Å². The number of halogens is 3. The number of hydrogen-bond acceptors (Lipinski definition) is 8. The second-order valence-electron chi connectivity index (χ2n) is 13.1. The van der Waals surface area contributed by atoms with Crippen LogP contribution in [0.4, 0.5) is 35.2 Å². The normalized spacial score (nSPS) is 15.9. The van der Waals surface area contributed by atoms with Crippen molar-refractivity contribution in [3.63, 3.8) is 0 Å². The van der Waals surface area contributed by atoms with Crippen LogP contribution in [-0.2, 0) is 20.5 Å². The molecule has 2 aromatic rings. The Morgan fingerprint density at radius 2 is 1.60 bits per heavy atom. The van der Waals surface area contributed by atoms with Crippen molar-refractivity contribution in [1.29, 1.82) is 5.26 Å². The number of unbranched alkanes of at least 4 members (excludes halogenated alkanes) is 2. The number of nitrogens with one attached hydrogen (secondary N) is 2. The van der Waals surface area contributed by atoms with Gasteiger partial charge in [0.1, 0.15) is 11.4 Å². The van der Waals surface area contributed by atoms with Gasteiger partial charge in [-0.3, -0.25) is 9.59 Å². The van der Waals surface area contributed by atoms with E-state index >= 15 is 0 Å². The number of alkyl carbamates (subject to hydrolysis) is 1. The molecule has 11 nitrogen and oxygen atoms in total. The molecule has 4 rings (SSSR count). The lowest BCUT2D eigenvalue weighted by Gasteiger charge is -2.36. The highest BCUT2D eigenvalue weighted by molar-refractivity contribution is 5.92. The Morgan fingerprint density at radius 1 is 0.938 bits per heavy atom. The number of nitrogens with zero attached hydrogens (tertiary/aromatic N) is 5. The minimum Gasteiger partial charge on any atom is -0.444 e. The molecule has 0 unspecified atom stereocenters. The number of alkyl halides is 3. The number of pyridine rings is 1. The van der Waals surface area contributed by atoms with E-state index < -0.39 is 29.0 Å². The molecule has 0 bridgehead atoms. The van der Waals surface area contributed by atoms with Gasteiger partial charge in [-0.2, -0.15) is 18.4 Å². The summed E-state index contributed by atoms with van der Waals surface area (Å²) in [6.45, 7) is 9.33. The quantitative estimate of drug-likeness (QED) is 0.314. The molecule has 260 valence electrons. The third kappa shape index (κ3) is 10.5. The minimum atomic E-state index is -4.62. The summed E-state index contributed by atoms with van der Waals surface area (Å²) in [6.07, 6.45) is 0.418. The SMILES string of the molecule is CC(C)(C)OC(=O)NCCCCCC(=O)N1CCN(c2ccc(NC(=O)C3CCN(c4ccc(C#N)c(C(F)(F)F)c4)CC3)nc2)CC1. The fourth-order valence-corrected chi connectivity index (χ4v) is 5.79. The smallest absolute Gasteiger partial charge is 0.417 e. The molecule has 1 aromatic heterocycles. The highest BCUT2D eigenvalue weighted by atomic mass is 19.4. The molecular formula is C34H44F3N7O4. The van der Waals surface area contributed by atoms with Gasteiger partial charge in [0.05, 0.1) is 29.1 Å². The third-order valence-electron chi connectivity index (χ3n) is 8.39. The summed E-state index contributed by atoms with van der Waals surface area (Å²) in [7, 11) is 0. The topological polar surface area (TPSA) is 131 Å². The zero-order chi connectivity index (χ0) is 34.9. The summed E-state index contributed by atoms with van der Waals surface area (Å²) >= 11 is 0. The standard InChI is InChI=1S/C34H44F3N7O4/c1-33(2,3)48-32(47)39-14-6-4-5-7-30(45)44-19-17-43(18-20-44)27-10-11-29(40-23-27)41-31(46)24-12-15-42(16-13-24)26-9-8-25(22-38)28(21-26)34(35,36)37/h8-11,21,23-24H,4-7,12-20H2,1-3H3,(H,39,47)(H,40,41,46). The molecular weight excluding hydrogens is 627 g/mol. The molecule has 14 heteroatoms. The van der Waals surface area contributed by atoms with E-state index in [9.17, 15) is 27.6 Å².